The molecule has 0 saturated heterocycles. The standard InChI is InChI=1S/C8H17O/c1-3-5-7-9-8-6-4-2/h3H,4-8H2,1-2H3. The van der Waals surface area contributed by atoms with Gasteiger partial charge in [-0.05, 0) is 19.3 Å². The molecule has 0 heterocycles. The van der Waals surface area contributed by atoms with Gasteiger partial charge in [0.2, 0.25) is 0 Å². The van der Waals surface area contributed by atoms with Crippen molar-refractivity contribution in [2.45, 2.75) is 33.1 Å². The van der Waals surface area contributed by atoms with Crippen LogP contribution in [0.1, 0.15) is 33.1 Å². The lowest BCUT2D eigenvalue weighted by atomic mass is 10.3. The minimum Gasteiger partial charge on any atom is -0.381 e. The molecule has 1 nitrogen and oxygen atoms in total. The average molecular weight is 129 g/mol. The number of rotatable bonds is 6. The highest BCUT2D eigenvalue weighted by Crippen LogP contribution is 1.90. The third-order valence-corrected chi connectivity index (χ3v) is 1.19. The highest BCUT2D eigenvalue weighted by atomic mass is 16.5. The second-order valence-corrected chi connectivity index (χ2v) is 2.16. The van der Waals surface area contributed by atoms with E-state index in [9.17, 15) is 0 Å². The largest absolute Gasteiger partial charge is 0.381 e. The van der Waals surface area contributed by atoms with Crippen molar-refractivity contribution in [3.8, 4) is 0 Å². The molecule has 0 aromatic carbocycles. The molecule has 0 bridgehead atoms. The van der Waals surface area contributed by atoms with Crippen LogP contribution >= 0.6 is 0 Å². The van der Waals surface area contributed by atoms with E-state index in [1.807, 2.05) is 0 Å². The third kappa shape index (κ3) is 7.96. The van der Waals surface area contributed by atoms with Crippen molar-refractivity contribution in [3.63, 3.8) is 0 Å². The Balaban J connectivity index is 2.60. The Morgan fingerprint density at radius 1 is 1.33 bits per heavy atom. The molecule has 0 unspecified atom stereocenters. The Labute approximate surface area is 58.4 Å². The van der Waals surface area contributed by atoms with Crippen LogP contribution in [0.4, 0.5) is 0 Å². The Morgan fingerprint density at radius 2 is 2.11 bits per heavy atom. The Hall–Kier alpha value is -0.0400. The Bertz CT molecular complexity index is 37.8. The molecule has 0 spiro atoms. The van der Waals surface area contributed by atoms with Crippen molar-refractivity contribution < 1.29 is 4.74 Å². The summed E-state index contributed by atoms with van der Waals surface area (Å²) < 4.78 is 5.28. The minimum absolute atomic E-state index is 0.899. The number of hydrogen-bond acceptors (Lipinski definition) is 1. The maximum absolute atomic E-state index is 5.28. The van der Waals surface area contributed by atoms with E-state index in [0.29, 0.717) is 0 Å². The Kier molecular flexibility index (Phi) is 7.92. The van der Waals surface area contributed by atoms with Crippen LogP contribution in [0.3, 0.4) is 0 Å². The van der Waals surface area contributed by atoms with Gasteiger partial charge in [0.25, 0.3) is 0 Å². The summed E-state index contributed by atoms with van der Waals surface area (Å²) in [5.41, 5.74) is 0. The first-order valence-electron chi connectivity index (χ1n) is 3.77. The van der Waals surface area contributed by atoms with Crippen LogP contribution in [0.2, 0.25) is 0 Å². The predicted molar refractivity (Wildman–Crippen MR) is 40.3 cm³/mol. The molecule has 0 aromatic rings. The quantitative estimate of drug-likeness (QED) is 0.500. The SMILES string of the molecule is C[CH]CCOCCCC. The maximum atomic E-state index is 5.28. The van der Waals surface area contributed by atoms with Gasteiger partial charge in [0.15, 0.2) is 0 Å². The molecular formula is C8H17O. The van der Waals surface area contributed by atoms with Crippen molar-refractivity contribution in [1.82, 2.24) is 0 Å². The van der Waals surface area contributed by atoms with E-state index in [1.165, 1.54) is 12.8 Å². The molecule has 1 heteroatoms. The molecule has 0 amide bonds. The highest BCUT2D eigenvalue weighted by molar-refractivity contribution is 4.52. The molecule has 0 aromatic heterocycles. The second kappa shape index (κ2) is 7.96. The summed E-state index contributed by atoms with van der Waals surface area (Å²) in [6.07, 6.45) is 5.65. The highest BCUT2D eigenvalue weighted by Gasteiger charge is 1.84. The van der Waals surface area contributed by atoms with Gasteiger partial charge in [-0.2, -0.15) is 0 Å². The van der Waals surface area contributed by atoms with E-state index >= 15 is 0 Å². The van der Waals surface area contributed by atoms with Crippen LogP contribution in [0.5, 0.6) is 0 Å². The molecule has 1 radical (unpaired) electrons. The predicted octanol–water partition coefficient (Wildman–Crippen LogP) is 2.42. The van der Waals surface area contributed by atoms with Gasteiger partial charge in [-0.3, -0.25) is 0 Å². The summed E-state index contributed by atoms with van der Waals surface area (Å²) in [5.74, 6) is 0. The van der Waals surface area contributed by atoms with E-state index < -0.39 is 0 Å². The van der Waals surface area contributed by atoms with Crippen LogP contribution < -0.4 is 0 Å². The number of unbranched alkanes of at least 4 members (excludes halogenated alkanes) is 2. The van der Waals surface area contributed by atoms with Gasteiger partial charge in [-0.15, -0.1) is 0 Å². The van der Waals surface area contributed by atoms with E-state index in [2.05, 4.69) is 20.3 Å². The Morgan fingerprint density at radius 3 is 2.67 bits per heavy atom. The van der Waals surface area contributed by atoms with Gasteiger partial charge in [-0.1, -0.05) is 20.3 Å². The molecule has 0 saturated carbocycles. The summed E-state index contributed by atoms with van der Waals surface area (Å²) in [6, 6.07) is 0. The monoisotopic (exact) mass is 129 g/mol. The molecule has 0 aliphatic carbocycles. The lowest BCUT2D eigenvalue weighted by molar-refractivity contribution is 0.134. The molecule has 0 aliphatic rings. The number of hydrogen-bond donors (Lipinski definition) is 0. The molecule has 0 aliphatic heterocycles. The van der Waals surface area contributed by atoms with Crippen molar-refractivity contribution in [1.29, 1.82) is 0 Å². The van der Waals surface area contributed by atoms with Crippen LogP contribution in [0, 0.1) is 6.42 Å². The maximum Gasteiger partial charge on any atom is 0.0468 e. The second-order valence-electron chi connectivity index (χ2n) is 2.16. The van der Waals surface area contributed by atoms with Gasteiger partial charge in [0.1, 0.15) is 0 Å². The first kappa shape index (κ1) is 8.96. The lowest BCUT2D eigenvalue weighted by Crippen LogP contribution is -1.95. The van der Waals surface area contributed by atoms with Gasteiger partial charge < -0.3 is 4.74 Å². The van der Waals surface area contributed by atoms with Crippen molar-refractivity contribution >= 4 is 0 Å². The fourth-order valence-electron chi connectivity index (χ4n) is 0.550. The van der Waals surface area contributed by atoms with Gasteiger partial charge in [0.05, 0.1) is 0 Å². The zero-order valence-corrected chi connectivity index (χ0v) is 6.52. The van der Waals surface area contributed by atoms with Crippen LogP contribution in [-0.2, 0) is 4.74 Å². The molecule has 0 N–H and O–H groups in total. The van der Waals surface area contributed by atoms with Crippen LogP contribution in [0.15, 0.2) is 0 Å². The molecule has 0 fully saturated rings. The third-order valence-electron chi connectivity index (χ3n) is 1.19. The summed E-state index contributed by atoms with van der Waals surface area (Å²) in [7, 11) is 0. The van der Waals surface area contributed by atoms with Crippen molar-refractivity contribution in [2.24, 2.45) is 0 Å². The molecule has 0 atom stereocenters. The average Bonchev–Trinajstić information content (AvgIpc) is 1.89. The first-order valence-corrected chi connectivity index (χ1v) is 3.77. The van der Waals surface area contributed by atoms with E-state index in [4.69, 9.17) is 4.74 Å². The normalized spacial score (nSPS) is 10.0. The van der Waals surface area contributed by atoms with Crippen molar-refractivity contribution in [2.75, 3.05) is 13.2 Å². The molecule has 9 heavy (non-hydrogen) atoms. The summed E-state index contributed by atoms with van der Waals surface area (Å²) >= 11 is 0. The number of ether oxygens (including phenoxy) is 1. The summed E-state index contributed by atoms with van der Waals surface area (Å²) in [5, 5.41) is 0. The summed E-state index contributed by atoms with van der Waals surface area (Å²) in [4.78, 5) is 0. The van der Waals surface area contributed by atoms with Gasteiger partial charge >= 0.3 is 0 Å². The minimum atomic E-state index is 0.899. The zero-order chi connectivity index (χ0) is 6.95. The van der Waals surface area contributed by atoms with E-state index in [1.54, 1.807) is 0 Å². The topological polar surface area (TPSA) is 9.23 Å². The fraction of sp³-hybridized carbons (Fsp3) is 0.875. The summed E-state index contributed by atoms with van der Waals surface area (Å²) in [6.45, 7) is 6.07. The lowest BCUT2D eigenvalue weighted by Gasteiger charge is -1.99. The van der Waals surface area contributed by atoms with Crippen LogP contribution in [-0.4, -0.2) is 13.2 Å². The van der Waals surface area contributed by atoms with Crippen LogP contribution in [0.25, 0.3) is 0 Å². The fourth-order valence-corrected chi connectivity index (χ4v) is 0.550. The molecular weight excluding hydrogens is 112 g/mol. The first-order chi connectivity index (χ1) is 4.41. The van der Waals surface area contributed by atoms with Crippen molar-refractivity contribution in [3.05, 3.63) is 6.42 Å². The van der Waals surface area contributed by atoms with E-state index in [0.717, 1.165) is 19.6 Å². The van der Waals surface area contributed by atoms with Gasteiger partial charge in [-0.25, -0.2) is 0 Å². The van der Waals surface area contributed by atoms with E-state index in [-0.39, 0.29) is 0 Å². The molecule has 55 valence electrons. The molecule has 0 rings (SSSR count). The zero-order valence-electron chi connectivity index (χ0n) is 6.52. The van der Waals surface area contributed by atoms with Gasteiger partial charge in [0, 0.05) is 13.2 Å². The smallest absolute Gasteiger partial charge is 0.0468 e.